The van der Waals surface area contributed by atoms with E-state index < -0.39 is 13.9 Å². The molecule has 0 atom stereocenters. The van der Waals surface area contributed by atoms with Gasteiger partial charge in [-0.25, -0.2) is 0 Å². The van der Waals surface area contributed by atoms with Crippen molar-refractivity contribution in [2.45, 2.75) is 19.8 Å². The van der Waals surface area contributed by atoms with Crippen LogP contribution in [0.5, 0.6) is 0 Å². The summed E-state index contributed by atoms with van der Waals surface area (Å²) in [5, 5.41) is 15.7. The van der Waals surface area contributed by atoms with Crippen molar-refractivity contribution in [1.82, 2.24) is 0 Å². The molecule has 172 valence electrons. The lowest BCUT2D eigenvalue weighted by Gasteiger charge is -2.24. The third-order valence-electron chi connectivity index (χ3n) is 6.38. The van der Waals surface area contributed by atoms with Crippen LogP contribution in [-0.4, -0.2) is 11.1 Å². The van der Waals surface area contributed by atoms with Gasteiger partial charge in [0, 0.05) is 6.42 Å². The van der Waals surface area contributed by atoms with Gasteiger partial charge in [0.15, 0.2) is 0 Å². The van der Waals surface area contributed by atoms with Crippen molar-refractivity contribution in [1.29, 1.82) is 0 Å². The van der Waals surface area contributed by atoms with Crippen LogP contribution >= 0.6 is 7.92 Å². The largest absolute Gasteiger partial charge is 0.481 e. The van der Waals surface area contributed by atoms with Crippen LogP contribution in [0.4, 0.5) is 0 Å². The van der Waals surface area contributed by atoms with Gasteiger partial charge < -0.3 is 5.11 Å². The first-order valence-electron chi connectivity index (χ1n) is 11.9. The van der Waals surface area contributed by atoms with E-state index >= 15 is 0 Å². The summed E-state index contributed by atoms with van der Waals surface area (Å²) < 4.78 is 0. The fourth-order valence-corrected chi connectivity index (χ4v) is 7.30. The Kier molecular flexibility index (Phi) is 6.75. The molecule has 5 aromatic rings. The highest BCUT2D eigenvalue weighted by Crippen LogP contribution is 2.41. The van der Waals surface area contributed by atoms with Gasteiger partial charge in [0.2, 0.25) is 0 Å². The monoisotopic (exact) mass is 474 g/mol. The predicted octanol–water partition coefficient (Wildman–Crippen LogP) is 6.59. The molecule has 0 bridgehead atoms. The lowest BCUT2D eigenvalue weighted by atomic mass is 9.89. The molecule has 0 radical (unpaired) electrons. The first kappa shape index (κ1) is 23.0. The van der Waals surface area contributed by atoms with Crippen molar-refractivity contribution >= 4 is 40.6 Å². The van der Waals surface area contributed by atoms with Crippen molar-refractivity contribution < 1.29 is 9.90 Å². The van der Waals surface area contributed by atoms with Gasteiger partial charge in [-0.05, 0) is 70.2 Å². The molecule has 5 aromatic carbocycles. The summed E-state index contributed by atoms with van der Waals surface area (Å²) >= 11 is 0. The summed E-state index contributed by atoms with van der Waals surface area (Å²) in [5.74, 6) is -0.772. The van der Waals surface area contributed by atoms with E-state index in [9.17, 15) is 9.90 Å². The standard InChI is InChI=1S/C32H27O2P/c1-23-22-24(20-21-31(33)34)32(28-17-9-8-16-27(23)28)29-18-10-11-19-30(29)35(25-12-4-2-5-13-25)26-14-6-3-7-15-26/h2-19,22H,20-21H2,1H3,(H,33,34). The topological polar surface area (TPSA) is 37.3 Å². The maximum atomic E-state index is 11.5. The molecule has 0 amide bonds. The van der Waals surface area contributed by atoms with E-state index in [1.807, 2.05) is 0 Å². The first-order valence-corrected chi connectivity index (χ1v) is 13.2. The lowest BCUT2D eigenvalue weighted by Crippen LogP contribution is -2.22. The summed E-state index contributed by atoms with van der Waals surface area (Å²) in [6, 6.07) is 40.7. The van der Waals surface area contributed by atoms with Gasteiger partial charge in [-0.3, -0.25) is 4.79 Å². The average molecular weight is 475 g/mol. The second kappa shape index (κ2) is 10.3. The van der Waals surface area contributed by atoms with Crippen molar-refractivity contribution in [3.05, 3.63) is 126 Å². The normalized spacial score (nSPS) is 11.1. The minimum Gasteiger partial charge on any atom is -0.481 e. The Hall–Kier alpha value is -3.74. The average Bonchev–Trinajstić information content (AvgIpc) is 2.90. The molecule has 0 saturated carbocycles. The van der Waals surface area contributed by atoms with Crippen molar-refractivity contribution in [3.8, 4) is 11.1 Å². The molecule has 0 spiro atoms. The van der Waals surface area contributed by atoms with Crippen LogP contribution in [0.3, 0.4) is 0 Å². The molecule has 0 unspecified atom stereocenters. The van der Waals surface area contributed by atoms with E-state index in [1.165, 1.54) is 37.8 Å². The lowest BCUT2D eigenvalue weighted by molar-refractivity contribution is -0.136. The molecule has 0 fully saturated rings. The van der Waals surface area contributed by atoms with Crippen LogP contribution in [0.2, 0.25) is 0 Å². The summed E-state index contributed by atoms with van der Waals surface area (Å²) in [6.07, 6.45) is 0.609. The number of benzene rings is 5. The van der Waals surface area contributed by atoms with E-state index in [4.69, 9.17) is 0 Å². The van der Waals surface area contributed by atoms with Gasteiger partial charge in [0.05, 0.1) is 0 Å². The number of carbonyl (C=O) groups is 1. The van der Waals surface area contributed by atoms with Gasteiger partial charge in [0.1, 0.15) is 0 Å². The zero-order valence-electron chi connectivity index (χ0n) is 19.7. The Balaban J connectivity index is 1.80. The molecule has 1 N–H and O–H groups in total. The van der Waals surface area contributed by atoms with Gasteiger partial charge in [-0.2, -0.15) is 0 Å². The second-order valence-corrected chi connectivity index (χ2v) is 10.9. The molecule has 3 heteroatoms. The quantitative estimate of drug-likeness (QED) is 0.270. The van der Waals surface area contributed by atoms with Crippen molar-refractivity contribution in [2.24, 2.45) is 0 Å². The number of carboxylic acid groups (broad SMARTS) is 1. The Labute approximate surface area is 207 Å². The molecular weight excluding hydrogens is 447 g/mol. The third kappa shape index (κ3) is 4.76. The van der Waals surface area contributed by atoms with Gasteiger partial charge in [-0.15, -0.1) is 0 Å². The van der Waals surface area contributed by atoms with Crippen LogP contribution in [0.1, 0.15) is 17.5 Å². The first-order chi connectivity index (χ1) is 17.1. The van der Waals surface area contributed by atoms with Gasteiger partial charge in [0.25, 0.3) is 0 Å². The highest BCUT2D eigenvalue weighted by Gasteiger charge is 2.22. The van der Waals surface area contributed by atoms with Crippen LogP contribution in [0.15, 0.2) is 115 Å². The van der Waals surface area contributed by atoms with Crippen LogP contribution in [-0.2, 0) is 11.2 Å². The Morgan fingerprint density at radius 2 is 1.26 bits per heavy atom. The van der Waals surface area contributed by atoms with Crippen LogP contribution in [0, 0.1) is 6.92 Å². The molecule has 0 aliphatic carbocycles. The zero-order chi connectivity index (χ0) is 24.2. The second-order valence-electron chi connectivity index (χ2n) is 8.69. The van der Waals surface area contributed by atoms with Crippen molar-refractivity contribution in [3.63, 3.8) is 0 Å². The van der Waals surface area contributed by atoms with E-state index in [-0.39, 0.29) is 6.42 Å². The van der Waals surface area contributed by atoms with Crippen LogP contribution in [0.25, 0.3) is 21.9 Å². The molecule has 35 heavy (non-hydrogen) atoms. The van der Waals surface area contributed by atoms with E-state index in [0.717, 1.165) is 11.1 Å². The maximum absolute atomic E-state index is 11.5. The summed E-state index contributed by atoms with van der Waals surface area (Å²) in [5.41, 5.74) is 4.60. The van der Waals surface area contributed by atoms with Gasteiger partial charge >= 0.3 is 5.97 Å². The fourth-order valence-electron chi connectivity index (χ4n) is 4.85. The minimum absolute atomic E-state index is 0.110. The van der Waals surface area contributed by atoms with Crippen LogP contribution < -0.4 is 15.9 Å². The molecule has 0 aliphatic heterocycles. The number of aliphatic carboxylic acids is 1. The third-order valence-corrected chi connectivity index (χ3v) is 8.89. The summed E-state index contributed by atoms with van der Waals surface area (Å²) in [7, 11) is -0.804. The number of aryl methyl sites for hydroxylation is 2. The molecule has 0 saturated heterocycles. The highest BCUT2D eigenvalue weighted by atomic mass is 31.1. The smallest absolute Gasteiger partial charge is 0.303 e. The number of hydrogen-bond donors (Lipinski definition) is 1. The molecule has 0 aromatic heterocycles. The highest BCUT2D eigenvalue weighted by molar-refractivity contribution is 7.80. The molecule has 0 heterocycles. The summed E-state index contributed by atoms with van der Waals surface area (Å²) in [4.78, 5) is 11.5. The zero-order valence-corrected chi connectivity index (χ0v) is 20.6. The van der Waals surface area contributed by atoms with E-state index in [2.05, 4.69) is 122 Å². The Morgan fingerprint density at radius 3 is 1.89 bits per heavy atom. The number of rotatable bonds is 7. The molecular formula is C32H27O2P. The van der Waals surface area contributed by atoms with E-state index in [0.29, 0.717) is 6.42 Å². The van der Waals surface area contributed by atoms with Crippen molar-refractivity contribution in [2.75, 3.05) is 0 Å². The fraction of sp³-hybridized carbons (Fsp3) is 0.0938. The predicted molar refractivity (Wildman–Crippen MR) is 149 cm³/mol. The Bertz CT molecular complexity index is 1440. The minimum atomic E-state index is -0.804. The number of carboxylic acids is 1. The molecule has 2 nitrogen and oxygen atoms in total. The number of hydrogen-bond acceptors (Lipinski definition) is 1. The molecule has 0 aliphatic rings. The number of fused-ring (bicyclic) bond motifs is 1. The maximum Gasteiger partial charge on any atom is 0.303 e. The van der Waals surface area contributed by atoms with Gasteiger partial charge in [-0.1, -0.05) is 115 Å². The summed E-state index contributed by atoms with van der Waals surface area (Å²) in [6.45, 7) is 2.11. The Morgan fingerprint density at radius 1 is 0.714 bits per heavy atom. The SMILES string of the molecule is Cc1cc(CCC(=O)O)c(-c2ccccc2P(c2ccccc2)c2ccccc2)c2ccccc12. The van der Waals surface area contributed by atoms with E-state index in [1.54, 1.807) is 0 Å². The molecule has 5 rings (SSSR count).